The van der Waals surface area contributed by atoms with Crippen molar-refractivity contribution in [3.05, 3.63) is 46.9 Å². The van der Waals surface area contributed by atoms with Crippen molar-refractivity contribution < 1.29 is 4.74 Å². The number of benzene rings is 1. The van der Waals surface area contributed by atoms with E-state index >= 15 is 0 Å². The number of aromatic nitrogens is 2. The van der Waals surface area contributed by atoms with Crippen molar-refractivity contribution in [3.63, 3.8) is 0 Å². The standard InChI is InChI=1S/C19H25N3O/c1-4-14-12-20-15(5-2)19(21-14)22-16-10-6-8-13-9-7-11-17(23-3)18(13)16/h7,9,11-12,16H,4-6,8,10H2,1-3H3,(H,21,22). The normalized spacial score (nSPS) is 16.7. The van der Waals surface area contributed by atoms with E-state index in [1.807, 2.05) is 12.3 Å². The predicted octanol–water partition coefficient (Wildman–Crippen LogP) is 4.10. The highest BCUT2D eigenvalue weighted by molar-refractivity contribution is 5.50. The summed E-state index contributed by atoms with van der Waals surface area (Å²) in [6.07, 6.45) is 7.06. The molecule has 1 aliphatic carbocycles. The lowest BCUT2D eigenvalue weighted by Gasteiger charge is -2.29. The molecule has 0 bridgehead atoms. The van der Waals surface area contributed by atoms with Gasteiger partial charge < -0.3 is 10.1 Å². The van der Waals surface area contributed by atoms with Gasteiger partial charge in [0.25, 0.3) is 0 Å². The molecule has 3 rings (SSSR count). The van der Waals surface area contributed by atoms with Crippen molar-refractivity contribution in [1.29, 1.82) is 0 Å². The van der Waals surface area contributed by atoms with E-state index in [1.54, 1.807) is 7.11 Å². The topological polar surface area (TPSA) is 47.0 Å². The number of aryl methyl sites for hydroxylation is 3. The fourth-order valence-corrected chi connectivity index (χ4v) is 3.33. The predicted molar refractivity (Wildman–Crippen MR) is 93.1 cm³/mol. The van der Waals surface area contributed by atoms with Gasteiger partial charge in [0.1, 0.15) is 11.6 Å². The quantitative estimate of drug-likeness (QED) is 0.903. The Bertz CT molecular complexity index is 670. The first kappa shape index (κ1) is 15.8. The fourth-order valence-electron chi connectivity index (χ4n) is 3.33. The van der Waals surface area contributed by atoms with Gasteiger partial charge >= 0.3 is 0 Å². The summed E-state index contributed by atoms with van der Waals surface area (Å²) in [7, 11) is 1.75. The number of anilines is 1. The van der Waals surface area contributed by atoms with Crippen LogP contribution in [-0.2, 0) is 19.3 Å². The molecule has 2 aromatic rings. The summed E-state index contributed by atoms with van der Waals surface area (Å²) in [6, 6.07) is 6.57. The van der Waals surface area contributed by atoms with Crippen LogP contribution in [0.2, 0.25) is 0 Å². The van der Waals surface area contributed by atoms with Crippen molar-refractivity contribution in [2.24, 2.45) is 0 Å². The molecule has 1 N–H and O–H groups in total. The molecule has 122 valence electrons. The molecule has 1 aromatic heterocycles. The molecular weight excluding hydrogens is 286 g/mol. The summed E-state index contributed by atoms with van der Waals surface area (Å²) in [4.78, 5) is 9.35. The highest BCUT2D eigenvalue weighted by atomic mass is 16.5. The third kappa shape index (κ3) is 3.16. The molecule has 0 aliphatic heterocycles. The van der Waals surface area contributed by atoms with Crippen molar-refractivity contribution in [1.82, 2.24) is 9.97 Å². The molecule has 0 fully saturated rings. The van der Waals surface area contributed by atoms with E-state index in [9.17, 15) is 0 Å². The van der Waals surface area contributed by atoms with Crippen molar-refractivity contribution >= 4 is 5.82 Å². The van der Waals surface area contributed by atoms with Crippen molar-refractivity contribution in [2.75, 3.05) is 12.4 Å². The molecule has 0 spiro atoms. The highest BCUT2D eigenvalue weighted by Gasteiger charge is 2.25. The Morgan fingerprint density at radius 2 is 2.13 bits per heavy atom. The van der Waals surface area contributed by atoms with E-state index in [2.05, 4.69) is 36.3 Å². The third-order valence-electron chi connectivity index (χ3n) is 4.57. The number of methoxy groups -OCH3 is 1. The first-order chi connectivity index (χ1) is 11.3. The van der Waals surface area contributed by atoms with E-state index < -0.39 is 0 Å². The minimum absolute atomic E-state index is 0.238. The molecule has 0 amide bonds. The van der Waals surface area contributed by atoms with E-state index in [-0.39, 0.29) is 6.04 Å². The van der Waals surface area contributed by atoms with Gasteiger partial charge in [-0.3, -0.25) is 4.98 Å². The molecule has 0 radical (unpaired) electrons. The minimum Gasteiger partial charge on any atom is -0.496 e. The van der Waals surface area contributed by atoms with Crippen molar-refractivity contribution in [2.45, 2.75) is 52.0 Å². The van der Waals surface area contributed by atoms with Crippen LogP contribution in [0.3, 0.4) is 0 Å². The van der Waals surface area contributed by atoms with Gasteiger partial charge in [-0.1, -0.05) is 26.0 Å². The Morgan fingerprint density at radius 3 is 2.87 bits per heavy atom. The largest absolute Gasteiger partial charge is 0.496 e. The second-order valence-corrected chi connectivity index (χ2v) is 5.99. The van der Waals surface area contributed by atoms with Gasteiger partial charge in [0.15, 0.2) is 0 Å². The van der Waals surface area contributed by atoms with Crippen LogP contribution in [0, 0.1) is 0 Å². The molecule has 4 heteroatoms. The summed E-state index contributed by atoms with van der Waals surface area (Å²) in [5.74, 6) is 1.90. The molecule has 0 saturated heterocycles. The fraction of sp³-hybridized carbons (Fsp3) is 0.474. The van der Waals surface area contributed by atoms with E-state index in [4.69, 9.17) is 9.72 Å². The summed E-state index contributed by atoms with van der Waals surface area (Å²) >= 11 is 0. The molecule has 1 heterocycles. The zero-order valence-corrected chi connectivity index (χ0v) is 14.2. The van der Waals surface area contributed by atoms with Crippen LogP contribution in [0.15, 0.2) is 24.4 Å². The number of nitrogens with zero attached hydrogens (tertiary/aromatic N) is 2. The van der Waals surface area contributed by atoms with Crippen LogP contribution in [-0.4, -0.2) is 17.1 Å². The van der Waals surface area contributed by atoms with Crippen LogP contribution in [0.1, 0.15) is 55.2 Å². The molecule has 1 unspecified atom stereocenters. The van der Waals surface area contributed by atoms with Crippen LogP contribution in [0.25, 0.3) is 0 Å². The van der Waals surface area contributed by atoms with Crippen LogP contribution in [0.5, 0.6) is 5.75 Å². The lowest BCUT2D eigenvalue weighted by Crippen LogP contribution is -2.20. The maximum atomic E-state index is 5.61. The van der Waals surface area contributed by atoms with E-state index in [0.717, 1.165) is 48.6 Å². The van der Waals surface area contributed by atoms with Gasteiger partial charge in [-0.15, -0.1) is 0 Å². The molecule has 1 atom stereocenters. The number of fused-ring (bicyclic) bond motifs is 1. The number of hydrogen-bond donors (Lipinski definition) is 1. The number of rotatable bonds is 5. The summed E-state index contributed by atoms with van der Waals surface area (Å²) in [5, 5.41) is 3.65. The Hall–Kier alpha value is -2.10. The third-order valence-corrected chi connectivity index (χ3v) is 4.57. The first-order valence-corrected chi connectivity index (χ1v) is 8.53. The SMILES string of the molecule is CCc1cnc(CC)c(NC2CCCc3cccc(OC)c32)n1. The van der Waals surface area contributed by atoms with Crippen LogP contribution >= 0.6 is 0 Å². The van der Waals surface area contributed by atoms with Gasteiger partial charge in [-0.05, 0) is 43.7 Å². The van der Waals surface area contributed by atoms with E-state index in [1.165, 1.54) is 17.5 Å². The van der Waals surface area contributed by atoms with Crippen LogP contribution < -0.4 is 10.1 Å². The zero-order chi connectivity index (χ0) is 16.2. The van der Waals surface area contributed by atoms with Gasteiger partial charge in [0, 0.05) is 11.8 Å². The average molecular weight is 311 g/mol. The summed E-state index contributed by atoms with van der Waals surface area (Å²) in [6.45, 7) is 4.23. The van der Waals surface area contributed by atoms with Gasteiger partial charge in [-0.25, -0.2) is 4.98 Å². The molecule has 0 saturated carbocycles. The summed E-state index contributed by atoms with van der Waals surface area (Å²) < 4.78 is 5.61. The maximum absolute atomic E-state index is 5.61. The maximum Gasteiger partial charge on any atom is 0.148 e. The molecular formula is C19H25N3O. The monoisotopic (exact) mass is 311 g/mol. The average Bonchev–Trinajstić information content (AvgIpc) is 2.61. The van der Waals surface area contributed by atoms with Gasteiger partial charge in [-0.2, -0.15) is 0 Å². The minimum atomic E-state index is 0.238. The van der Waals surface area contributed by atoms with Gasteiger partial charge in [0.2, 0.25) is 0 Å². The lowest BCUT2D eigenvalue weighted by atomic mass is 9.87. The number of hydrogen-bond acceptors (Lipinski definition) is 4. The Morgan fingerprint density at radius 1 is 1.26 bits per heavy atom. The van der Waals surface area contributed by atoms with E-state index in [0.29, 0.717) is 0 Å². The molecule has 1 aromatic carbocycles. The summed E-state index contributed by atoms with van der Waals surface area (Å²) in [5.41, 5.74) is 4.72. The lowest BCUT2D eigenvalue weighted by molar-refractivity contribution is 0.401. The Balaban J connectivity index is 1.96. The second-order valence-electron chi connectivity index (χ2n) is 5.99. The van der Waals surface area contributed by atoms with Crippen LogP contribution in [0.4, 0.5) is 5.82 Å². The Kier molecular flexibility index (Phi) is 4.79. The highest BCUT2D eigenvalue weighted by Crippen LogP contribution is 2.38. The first-order valence-electron chi connectivity index (χ1n) is 8.53. The molecule has 4 nitrogen and oxygen atoms in total. The number of nitrogens with one attached hydrogen (secondary N) is 1. The smallest absolute Gasteiger partial charge is 0.148 e. The molecule has 23 heavy (non-hydrogen) atoms. The molecule has 1 aliphatic rings. The van der Waals surface area contributed by atoms with Gasteiger partial charge in [0.05, 0.1) is 24.5 Å². The second kappa shape index (κ2) is 6.99. The number of ether oxygens (including phenoxy) is 1. The van der Waals surface area contributed by atoms with Crippen molar-refractivity contribution in [3.8, 4) is 5.75 Å². The zero-order valence-electron chi connectivity index (χ0n) is 14.2. The Labute approximate surface area is 138 Å².